The molecule has 1 atom stereocenters. The zero-order valence-electron chi connectivity index (χ0n) is 18.0. The Labute approximate surface area is 196 Å². The van der Waals surface area contributed by atoms with Gasteiger partial charge < -0.3 is 14.6 Å². The van der Waals surface area contributed by atoms with E-state index in [1.54, 1.807) is 12.1 Å². The molecule has 0 saturated heterocycles. The molecule has 0 aliphatic carbocycles. The minimum Gasteiger partial charge on any atom is -0.483 e. The predicted octanol–water partition coefficient (Wildman–Crippen LogP) is 5.92. The highest BCUT2D eigenvalue weighted by Gasteiger charge is 2.19. The Morgan fingerprint density at radius 1 is 1.13 bits per heavy atom. The summed E-state index contributed by atoms with van der Waals surface area (Å²) in [5, 5.41) is 13.3. The van der Waals surface area contributed by atoms with Gasteiger partial charge in [0.25, 0.3) is 0 Å². The third kappa shape index (κ3) is 5.73. The molecule has 0 aliphatic heterocycles. The van der Waals surface area contributed by atoms with Gasteiger partial charge in [-0.05, 0) is 68.7 Å². The molecule has 0 radical (unpaired) electrons. The van der Waals surface area contributed by atoms with Crippen LogP contribution in [-0.4, -0.2) is 26.4 Å². The second-order valence-electron chi connectivity index (χ2n) is 7.33. The van der Waals surface area contributed by atoms with E-state index in [0.717, 1.165) is 27.5 Å². The maximum absolute atomic E-state index is 12.4. The lowest BCUT2D eigenvalue weighted by Crippen LogP contribution is -2.15. The topological polar surface area (TPSA) is 69.0 Å². The molecule has 1 unspecified atom stereocenters. The number of benzene rings is 2. The number of nitrogens with one attached hydrogen (secondary N) is 1. The van der Waals surface area contributed by atoms with Gasteiger partial charge in [0.15, 0.2) is 17.1 Å². The van der Waals surface area contributed by atoms with Crippen LogP contribution in [0.2, 0.25) is 10.0 Å². The SMILES string of the molecule is Cc1ccc(Cl)cc1NC(=O)CSc1nnc(C(C)Oc2cc(C)c(Cl)c(C)c2)n1C. The molecule has 0 spiro atoms. The van der Waals surface area contributed by atoms with Gasteiger partial charge in [-0.25, -0.2) is 0 Å². The summed E-state index contributed by atoms with van der Waals surface area (Å²) in [6, 6.07) is 9.20. The van der Waals surface area contributed by atoms with Gasteiger partial charge in [0.05, 0.1) is 5.75 Å². The first-order valence-electron chi connectivity index (χ1n) is 9.67. The maximum Gasteiger partial charge on any atom is 0.234 e. The number of anilines is 1. The Morgan fingerprint density at radius 2 is 1.81 bits per heavy atom. The molecule has 0 saturated carbocycles. The molecule has 3 aromatic rings. The summed E-state index contributed by atoms with van der Waals surface area (Å²) in [7, 11) is 1.86. The number of aryl methyl sites for hydroxylation is 3. The van der Waals surface area contributed by atoms with Crippen molar-refractivity contribution in [3.8, 4) is 5.75 Å². The molecule has 1 N–H and O–H groups in total. The highest BCUT2D eigenvalue weighted by atomic mass is 35.5. The molecule has 0 fully saturated rings. The first kappa shape index (κ1) is 23.4. The Balaban J connectivity index is 1.63. The first-order chi connectivity index (χ1) is 14.7. The fourth-order valence-electron chi connectivity index (χ4n) is 3.08. The van der Waals surface area contributed by atoms with Crippen molar-refractivity contribution in [3.63, 3.8) is 0 Å². The monoisotopic (exact) mass is 478 g/mol. The fraction of sp³-hybridized carbons (Fsp3) is 0.318. The zero-order chi connectivity index (χ0) is 22.7. The summed E-state index contributed by atoms with van der Waals surface area (Å²) in [5.74, 6) is 1.44. The summed E-state index contributed by atoms with van der Waals surface area (Å²) in [4.78, 5) is 12.4. The van der Waals surface area contributed by atoms with E-state index in [4.69, 9.17) is 27.9 Å². The average Bonchev–Trinajstić information content (AvgIpc) is 3.08. The van der Waals surface area contributed by atoms with Gasteiger partial charge in [0, 0.05) is 22.8 Å². The lowest BCUT2D eigenvalue weighted by Gasteiger charge is -2.16. The normalized spacial score (nSPS) is 12.0. The fourth-order valence-corrected chi connectivity index (χ4v) is 4.08. The van der Waals surface area contributed by atoms with Crippen LogP contribution in [0, 0.1) is 20.8 Å². The molecule has 2 aromatic carbocycles. The van der Waals surface area contributed by atoms with Crippen molar-refractivity contribution in [2.75, 3.05) is 11.1 Å². The van der Waals surface area contributed by atoms with E-state index < -0.39 is 0 Å². The number of carbonyl (C=O) groups is 1. The van der Waals surface area contributed by atoms with Crippen molar-refractivity contribution in [1.82, 2.24) is 14.8 Å². The summed E-state index contributed by atoms with van der Waals surface area (Å²) in [6.45, 7) is 7.71. The minimum absolute atomic E-state index is 0.142. The van der Waals surface area contributed by atoms with Gasteiger partial charge >= 0.3 is 0 Å². The Morgan fingerprint density at radius 3 is 2.48 bits per heavy atom. The molecule has 9 heteroatoms. The van der Waals surface area contributed by atoms with Gasteiger partial charge in [-0.1, -0.05) is 41.0 Å². The van der Waals surface area contributed by atoms with Crippen LogP contribution >= 0.6 is 35.0 Å². The molecular weight excluding hydrogens is 455 g/mol. The highest BCUT2D eigenvalue weighted by Crippen LogP contribution is 2.29. The van der Waals surface area contributed by atoms with Gasteiger partial charge in [-0.3, -0.25) is 4.79 Å². The van der Waals surface area contributed by atoms with Crippen molar-refractivity contribution in [1.29, 1.82) is 0 Å². The van der Waals surface area contributed by atoms with E-state index in [2.05, 4.69) is 15.5 Å². The Hall–Kier alpha value is -2.22. The number of thioether (sulfide) groups is 1. The number of amides is 1. The van der Waals surface area contributed by atoms with Gasteiger partial charge in [0.1, 0.15) is 5.75 Å². The van der Waals surface area contributed by atoms with E-state index in [1.807, 2.05) is 57.5 Å². The van der Waals surface area contributed by atoms with Crippen molar-refractivity contribution in [3.05, 3.63) is 62.9 Å². The van der Waals surface area contributed by atoms with E-state index in [0.29, 0.717) is 21.7 Å². The molecule has 0 bridgehead atoms. The van der Waals surface area contributed by atoms with E-state index in [1.165, 1.54) is 11.8 Å². The number of halogens is 2. The summed E-state index contributed by atoms with van der Waals surface area (Å²) < 4.78 is 7.89. The lowest BCUT2D eigenvalue weighted by molar-refractivity contribution is -0.113. The lowest BCUT2D eigenvalue weighted by atomic mass is 10.1. The number of hydrogen-bond donors (Lipinski definition) is 1. The third-order valence-corrected chi connectivity index (χ3v) is 6.61. The van der Waals surface area contributed by atoms with Crippen LogP contribution in [0.15, 0.2) is 35.5 Å². The van der Waals surface area contributed by atoms with Crippen molar-refractivity contribution >= 4 is 46.6 Å². The number of hydrogen-bond acceptors (Lipinski definition) is 5. The number of ether oxygens (including phenoxy) is 1. The van der Waals surface area contributed by atoms with Gasteiger partial charge in [-0.2, -0.15) is 0 Å². The summed E-state index contributed by atoms with van der Waals surface area (Å²) in [5.41, 5.74) is 3.56. The van der Waals surface area contributed by atoms with Crippen molar-refractivity contribution < 1.29 is 9.53 Å². The van der Waals surface area contributed by atoms with Crippen LogP contribution < -0.4 is 10.1 Å². The van der Waals surface area contributed by atoms with Gasteiger partial charge in [-0.15, -0.1) is 10.2 Å². The quantitative estimate of drug-likeness (QED) is 0.426. The third-order valence-electron chi connectivity index (χ3n) is 4.76. The second kappa shape index (κ2) is 9.94. The number of rotatable bonds is 7. The molecule has 1 heterocycles. The van der Waals surface area contributed by atoms with Crippen molar-refractivity contribution in [2.45, 2.75) is 39.0 Å². The molecule has 3 rings (SSSR count). The predicted molar refractivity (Wildman–Crippen MR) is 127 cm³/mol. The Kier molecular flexibility index (Phi) is 7.51. The van der Waals surface area contributed by atoms with Crippen LogP contribution in [0.3, 0.4) is 0 Å². The van der Waals surface area contributed by atoms with Crippen LogP contribution in [-0.2, 0) is 11.8 Å². The van der Waals surface area contributed by atoms with E-state index >= 15 is 0 Å². The number of aromatic nitrogens is 3. The minimum atomic E-state index is -0.324. The standard InChI is InChI=1S/C22H24Cl2N4O2S/c1-12-6-7-16(23)10-18(12)25-19(29)11-31-22-27-26-21(28(22)5)15(4)30-17-8-13(2)20(24)14(3)9-17/h6-10,15H,11H2,1-5H3,(H,25,29). The molecule has 164 valence electrons. The van der Waals surface area contributed by atoms with E-state index in [-0.39, 0.29) is 17.8 Å². The summed E-state index contributed by atoms with van der Waals surface area (Å²) in [6.07, 6.45) is -0.324. The largest absolute Gasteiger partial charge is 0.483 e. The zero-order valence-corrected chi connectivity index (χ0v) is 20.3. The number of nitrogens with zero attached hydrogens (tertiary/aromatic N) is 3. The van der Waals surface area contributed by atoms with Crippen LogP contribution in [0.5, 0.6) is 5.75 Å². The second-order valence-corrected chi connectivity index (χ2v) is 9.08. The maximum atomic E-state index is 12.4. The van der Waals surface area contributed by atoms with Crippen LogP contribution in [0.25, 0.3) is 0 Å². The van der Waals surface area contributed by atoms with Crippen LogP contribution in [0.1, 0.15) is 35.5 Å². The van der Waals surface area contributed by atoms with Crippen LogP contribution in [0.4, 0.5) is 5.69 Å². The van der Waals surface area contributed by atoms with Gasteiger partial charge in [0.2, 0.25) is 5.91 Å². The average molecular weight is 479 g/mol. The smallest absolute Gasteiger partial charge is 0.234 e. The molecule has 1 aromatic heterocycles. The summed E-state index contributed by atoms with van der Waals surface area (Å²) >= 11 is 13.6. The number of carbonyl (C=O) groups excluding carboxylic acids is 1. The molecule has 1 amide bonds. The Bertz CT molecular complexity index is 1090. The molecular formula is C22H24Cl2N4O2S. The highest BCUT2D eigenvalue weighted by molar-refractivity contribution is 7.99. The molecule has 6 nitrogen and oxygen atoms in total. The first-order valence-corrected chi connectivity index (χ1v) is 11.4. The molecule has 0 aliphatic rings. The van der Waals surface area contributed by atoms with E-state index in [9.17, 15) is 4.79 Å². The van der Waals surface area contributed by atoms with Crippen molar-refractivity contribution in [2.24, 2.45) is 7.05 Å². The molecule has 31 heavy (non-hydrogen) atoms.